The Morgan fingerprint density at radius 1 is 1.06 bits per heavy atom. The lowest BCUT2D eigenvalue weighted by Crippen LogP contribution is -1.97. The molecular weight excluding hydrogens is 244 g/mol. The van der Waals surface area contributed by atoms with Gasteiger partial charge < -0.3 is 11.1 Å². The highest BCUT2D eigenvalue weighted by molar-refractivity contribution is 6.34. The van der Waals surface area contributed by atoms with Crippen molar-refractivity contribution < 1.29 is 0 Å². The van der Waals surface area contributed by atoms with E-state index in [0.717, 1.165) is 11.4 Å². The summed E-state index contributed by atoms with van der Waals surface area (Å²) in [6.45, 7) is 0. The van der Waals surface area contributed by atoms with Crippen molar-refractivity contribution in [2.45, 2.75) is 19.3 Å². The minimum Gasteiger partial charge on any atom is -0.397 e. The molecule has 0 saturated heterocycles. The van der Waals surface area contributed by atoms with Gasteiger partial charge >= 0.3 is 0 Å². The summed E-state index contributed by atoms with van der Waals surface area (Å²) in [6.07, 6.45) is 3.62. The standard InChI is InChI=1S/C15H15ClN2/c16-13-5-2-6-14(17)15(13)18-12-8-7-10-3-1-4-11(10)9-12/h2,5-9,18H,1,3-4,17H2. The number of halogens is 1. The van der Waals surface area contributed by atoms with Crippen LogP contribution in [0.15, 0.2) is 36.4 Å². The Morgan fingerprint density at radius 3 is 2.72 bits per heavy atom. The molecule has 3 N–H and O–H groups in total. The average molecular weight is 259 g/mol. The number of nitrogens with one attached hydrogen (secondary N) is 1. The fourth-order valence-corrected chi connectivity index (χ4v) is 2.70. The summed E-state index contributed by atoms with van der Waals surface area (Å²) in [5.74, 6) is 0. The van der Waals surface area contributed by atoms with Gasteiger partial charge in [0.25, 0.3) is 0 Å². The quantitative estimate of drug-likeness (QED) is 0.794. The van der Waals surface area contributed by atoms with Gasteiger partial charge in [0.2, 0.25) is 0 Å². The monoisotopic (exact) mass is 258 g/mol. The summed E-state index contributed by atoms with van der Waals surface area (Å²) in [5, 5.41) is 3.96. The lowest BCUT2D eigenvalue weighted by atomic mass is 10.1. The smallest absolute Gasteiger partial charge is 0.0807 e. The number of nitrogen functional groups attached to an aromatic ring is 1. The van der Waals surface area contributed by atoms with E-state index in [1.807, 2.05) is 18.2 Å². The zero-order valence-electron chi connectivity index (χ0n) is 10.0. The summed E-state index contributed by atoms with van der Waals surface area (Å²) in [5.41, 5.74) is 11.3. The highest BCUT2D eigenvalue weighted by Crippen LogP contribution is 2.32. The molecule has 1 aliphatic rings. The molecule has 0 atom stereocenters. The molecular formula is C15H15ClN2. The van der Waals surface area contributed by atoms with Gasteiger partial charge in [-0.15, -0.1) is 0 Å². The first kappa shape index (κ1) is 11.4. The van der Waals surface area contributed by atoms with E-state index in [1.165, 1.54) is 30.4 Å². The molecule has 92 valence electrons. The second-order valence-electron chi connectivity index (χ2n) is 4.67. The Morgan fingerprint density at radius 2 is 1.89 bits per heavy atom. The van der Waals surface area contributed by atoms with Crippen LogP contribution in [0.1, 0.15) is 17.5 Å². The Kier molecular flexibility index (Phi) is 2.88. The van der Waals surface area contributed by atoms with Crippen LogP contribution in [0.25, 0.3) is 0 Å². The number of hydrogen-bond donors (Lipinski definition) is 2. The van der Waals surface area contributed by atoms with E-state index in [4.69, 9.17) is 17.3 Å². The largest absolute Gasteiger partial charge is 0.397 e. The summed E-state index contributed by atoms with van der Waals surface area (Å²) >= 11 is 6.15. The minimum atomic E-state index is 0.649. The third kappa shape index (κ3) is 2.04. The van der Waals surface area contributed by atoms with E-state index < -0.39 is 0 Å². The Hall–Kier alpha value is -1.67. The molecule has 18 heavy (non-hydrogen) atoms. The first-order valence-electron chi connectivity index (χ1n) is 6.17. The van der Waals surface area contributed by atoms with Gasteiger partial charge in [0.15, 0.2) is 0 Å². The molecule has 0 fully saturated rings. The van der Waals surface area contributed by atoms with Crippen molar-refractivity contribution in [3.8, 4) is 0 Å². The molecule has 1 aliphatic carbocycles. The molecule has 0 aromatic heterocycles. The molecule has 0 bridgehead atoms. The van der Waals surface area contributed by atoms with Gasteiger partial charge in [-0.3, -0.25) is 0 Å². The second-order valence-corrected chi connectivity index (χ2v) is 5.07. The van der Waals surface area contributed by atoms with Crippen LogP contribution in [-0.4, -0.2) is 0 Å². The Labute approximate surface area is 112 Å². The maximum atomic E-state index is 6.15. The molecule has 0 amide bonds. The van der Waals surface area contributed by atoms with Gasteiger partial charge in [0.05, 0.1) is 16.4 Å². The number of para-hydroxylation sites is 1. The highest BCUT2D eigenvalue weighted by atomic mass is 35.5. The van der Waals surface area contributed by atoms with Gasteiger partial charge in [0.1, 0.15) is 0 Å². The molecule has 2 nitrogen and oxygen atoms in total. The third-order valence-electron chi connectivity index (χ3n) is 3.41. The van der Waals surface area contributed by atoms with E-state index in [-0.39, 0.29) is 0 Å². The summed E-state index contributed by atoms with van der Waals surface area (Å²) in [4.78, 5) is 0. The van der Waals surface area contributed by atoms with Gasteiger partial charge in [-0.25, -0.2) is 0 Å². The van der Waals surface area contributed by atoms with Crippen LogP contribution < -0.4 is 11.1 Å². The van der Waals surface area contributed by atoms with Crippen molar-refractivity contribution in [1.29, 1.82) is 0 Å². The van der Waals surface area contributed by atoms with Crippen molar-refractivity contribution >= 4 is 28.7 Å². The third-order valence-corrected chi connectivity index (χ3v) is 3.73. The molecule has 0 spiro atoms. The molecule has 3 heteroatoms. The first-order valence-corrected chi connectivity index (χ1v) is 6.54. The number of benzene rings is 2. The number of nitrogens with two attached hydrogens (primary N) is 1. The fraction of sp³-hybridized carbons (Fsp3) is 0.200. The molecule has 0 unspecified atom stereocenters. The number of hydrogen-bond acceptors (Lipinski definition) is 2. The van der Waals surface area contributed by atoms with Gasteiger partial charge in [-0.2, -0.15) is 0 Å². The van der Waals surface area contributed by atoms with Crippen LogP contribution in [0, 0.1) is 0 Å². The van der Waals surface area contributed by atoms with Crippen LogP contribution in [0.3, 0.4) is 0 Å². The van der Waals surface area contributed by atoms with Crippen molar-refractivity contribution in [1.82, 2.24) is 0 Å². The van der Waals surface area contributed by atoms with E-state index in [9.17, 15) is 0 Å². The number of anilines is 3. The van der Waals surface area contributed by atoms with Crippen molar-refractivity contribution in [3.63, 3.8) is 0 Å². The maximum Gasteiger partial charge on any atom is 0.0807 e. The molecule has 2 aromatic carbocycles. The lowest BCUT2D eigenvalue weighted by Gasteiger charge is -2.12. The van der Waals surface area contributed by atoms with E-state index in [0.29, 0.717) is 10.7 Å². The van der Waals surface area contributed by atoms with Crippen molar-refractivity contribution in [2.75, 3.05) is 11.1 Å². The predicted molar refractivity (Wildman–Crippen MR) is 77.6 cm³/mol. The van der Waals surface area contributed by atoms with Crippen LogP contribution in [0.5, 0.6) is 0 Å². The molecule has 3 rings (SSSR count). The summed E-state index contributed by atoms with van der Waals surface area (Å²) in [7, 11) is 0. The normalized spacial score (nSPS) is 13.4. The van der Waals surface area contributed by atoms with E-state index in [2.05, 4.69) is 23.5 Å². The molecule has 0 aliphatic heterocycles. The Balaban J connectivity index is 1.93. The number of aryl methyl sites for hydroxylation is 2. The zero-order valence-corrected chi connectivity index (χ0v) is 10.8. The van der Waals surface area contributed by atoms with Crippen LogP contribution in [-0.2, 0) is 12.8 Å². The summed E-state index contributed by atoms with van der Waals surface area (Å²) < 4.78 is 0. The summed E-state index contributed by atoms with van der Waals surface area (Å²) in [6, 6.07) is 12.0. The lowest BCUT2D eigenvalue weighted by molar-refractivity contribution is 0.912. The predicted octanol–water partition coefficient (Wildman–Crippen LogP) is 4.15. The maximum absolute atomic E-state index is 6.15. The van der Waals surface area contributed by atoms with Crippen LogP contribution in [0.2, 0.25) is 5.02 Å². The van der Waals surface area contributed by atoms with E-state index in [1.54, 1.807) is 0 Å². The highest BCUT2D eigenvalue weighted by Gasteiger charge is 2.11. The minimum absolute atomic E-state index is 0.649. The van der Waals surface area contributed by atoms with Crippen molar-refractivity contribution in [3.05, 3.63) is 52.5 Å². The molecule has 0 radical (unpaired) electrons. The topological polar surface area (TPSA) is 38.0 Å². The van der Waals surface area contributed by atoms with Crippen LogP contribution in [0.4, 0.5) is 17.1 Å². The van der Waals surface area contributed by atoms with Gasteiger partial charge in [0, 0.05) is 5.69 Å². The Bertz CT molecular complexity index is 573. The molecule has 0 heterocycles. The molecule has 0 saturated carbocycles. The SMILES string of the molecule is Nc1cccc(Cl)c1Nc1ccc2c(c1)CCC2. The molecule has 2 aromatic rings. The van der Waals surface area contributed by atoms with E-state index >= 15 is 0 Å². The first-order chi connectivity index (χ1) is 8.74. The van der Waals surface area contributed by atoms with Crippen molar-refractivity contribution in [2.24, 2.45) is 0 Å². The zero-order chi connectivity index (χ0) is 12.5. The number of rotatable bonds is 2. The van der Waals surface area contributed by atoms with Gasteiger partial charge in [-0.05, 0) is 54.7 Å². The second kappa shape index (κ2) is 4.54. The average Bonchev–Trinajstić information content (AvgIpc) is 2.81. The number of fused-ring (bicyclic) bond motifs is 1. The fourth-order valence-electron chi connectivity index (χ4n) is 2.47. The van der Waals surface area contributed by atoms with Gasteiger partial charge in [-0.1, -0.05) is 23.7 Å². The van der Waals surface area contributed by atoms with Crippen LogP contribution >= 0.6 is 11.6 Å².